The number of nitrogens with zero attached hydrogens (tertiary/aromatic N) is 1. The van der Waals surface area contributed by atoms with Gasteiger partial charge in [0.25, 0.3) is 21.7 Å². The minimum atomic E-state index is -3.92. The van der Waals surface area contributed by atoms with Crippen molar-refractivity contribution < 1.29 is 27.2 Å². The van der Waals surface area contributed by atoms with E-state index in [0.717, 1.165) is 0 Å². The summed E-state index contributed by atoms with van der Waals surface area (Å²) in [5.74, 6) is -0.165. The van der Waals surface area contributed by atoms with Gasteiger partial charge >= 0.3 is 0 Å². The Morgan fingerprint density at radius 2 is 1.97 bits per heavy atom. The van der Waals surface area contributed by atoms with Gasteiger partial charge in [0.05, 0.1) is 5.69 Å². The molecule has 1 N–H and O–H groups in total. The second kappa shape index (κ2) is 8.15. The van der Waals surface area contributed by atoms with Gasteiger partial charge in [-0.15, -0.1) is 11.3 Å². The number of sulfonamides is 1. The van der Waals surface area contributed by atoms with E-state index in [-0.39, 0.29) is 17.2 Å². The van der Waals surface area contributed by atoms with E-state index in [9.17, 15) is 8.42 Å². The molecular formula is C17H14BrClN2O6S2. The zero-order valence-electron chi connectivity index (χ0n) is 14.8. The number of thiophene rings is 1. The maximum absolute atomic E-state index is 12.9. The average Bonchev–Trinajstić information content (AvgIpc) is 3.20. The Morgan fingerprint density at radius 1 is 1.24 bits per heavy atom. The van der Waals surface area contributed by atoms with Crippen LogP contribution in [0, 0.1) is 6.92 Å². The first-order valence-electron chi connectivity index (χ1n) is 8.26. The van der Waals surface area contributed by atoms with Gasteiger partial charge in [-0.2, -0.15) is 0 Å². The maximum Gasteiger partial charge on any atom is 0.282 e. The van der Waals surface area contributed by atoms with Crippen molar-refractivity contribution in [2.75, 3.05) is 4.72 Å². The topological polar surface area (TPSA) is 99.9 Å². The van der Waals surface area contributed by atoms with Crippen molar-refractivity contribution in [1.82, 2.24) is 5.16 Å². The number of alkyl halides is 1. The maximum atomic E-state index is 12.9. The molecule has 0 amide bonds. The first-order chi connectivity index (χ1) is 13.8. The van der Waals surface area contributed by atoms with E-state index < -0.39 is 22.1 Å². The molecule has 2 unspecified atom stereocenters. The molecule has 3 heterocycles. The Kier molecular flexibility index (Phi) is 5.76. The third-order valence-corrected chi connectivity index (χ3v) is 7.56. The number of hydrogen-bond acceptors (Lipinski definition) is 8. The Morgan fingerprint density at radius 3 is 2.66 bits per heavy atom. The van der Waals surface area contributed by atoms with E-state index in [1.807, 2.05) is 0 Å². The summed E-state index contributed by atoms with van der Waals surface area (Å²) in [5, 5.41) is 5.39. The van der Waals surface area contributed by atoms with Gasteiger partial charge in [-0.25, -0.2) is 13.1 Å². The number of rotatable bonds is 5. The molecule has 0 saturated carbocycles. The summed E-state index contributed by atoms with van der Waals surface area (Å²) >= 11 is 10.6. The van der Waals surface area contributed by atoms with E-state index in [0.29, 0.717) is 26.5 Å². The number of aromatic nitrogens is 1. The van der Waals surface area contributed by atoms with Gasteiger partial charge in [0.2, 0.25) is 6.29 Å². The van der Waals surface area contributed by atoms with Crippen LogP contribution in [0.15, 0.2) is 49.6 Å². The zero-order valence-corrected chi connectivity index (χ0v) is 18.8. The van der Waals surface area contributed by atoms with E-state index in [1.165, 1.54) is 17.4 Å². The van der Waals surface area contributed by atoms with Crippen molar-refractivity contribution in [3.05, 3.63) is 50.8 Å². The van der Waals surface area contributed by atoms with Crippen molar-refractivity contribution in [2.24, 2.45) is 0 Å². The lowest BCUT2D eigenvalue weighted by atomic mass is 10.3. The van der Waals surface area contributed by atoms with Crippen LogP contribution in [0.25, 0.3) is 0 Å². The summed E-state index contributed by atoms with van der Waals surface area (Å²) in [6.07, 6.45) is -0.696. The Bertz CT molecular complexity index is 1130. The Hall–Kier alpha value is -1.79. The van der Waals surface area contributed by atoms with Crippen LogP contribution in [-0.4, -0.2) is 25.6 Å². The van der Waals surface area contributed by atoms with Crippen molar-refractivity contribution >= 4 is 54.8 Å². The van der Waals surface area contributed by atoms with Gasteiger partial charge in [0, 0.05) is 11.3 Å². The van der Waals surface area contributed by atoms with Crippen LogP contribution in [0.1, 0.15) is 10.6 Å². The van der Waals surface area contributed by atoms with E-state index in [2.05, 4.69) is 25.8 Å². The van der Waals surface area contributed by atoms with Crippen LogP contribution in [0.4, 0.5) is 5.88 Å². The molecule has 0 saturated heterocycles. The van der Waals surface area contributed by atoms with E-state index in [4.69, 9.17) is 30.3 Å². The standard InChI is InChI=1S/C17H14BrClN2O6S2/c1-9-15(18)16(27-20-9)21-29(22,23)13-6-7-28-12(13)8-14-24-10-4-2-3-5-11(10)25-17(19)26-14/h2-7,14,17,21H,8H2,1H3. The van der Waals surface area contributed by atoms with Gasteiger partial charge in [0.1, 0.15) is 9.37 Å². The lowest BCUT2D eigenvalue weighted by Crippen LogP contribution is -2.27. The largest absolute Gasteiger partial charge is 0.460 e. The monoisotopic (exact) mass is 520 g/mol. The highest BCUT2D eigenvalue weighted by atomic mass is 79.9. The molecule has 2 atom stereocenters. The number of anilines is 1. The minimum absolute atomic E-state index is 0.00441. The van der Waals surface area contributed by atoms with Crippen molar-refractivity contribution in [2.45, 2.75) is 30.3 Å². The smallest absolute Gasteiger partial charge is 0.282 e. The lowest BCUT2D eigenvalue weighted by molar-refractivity contribution is -0.132. The highest BCUT2D eigenvalue weighted by Gasteiger charge is 2.29. The fourth-order valence-corrected chi connectivity index (χ4v) is 5.67. The number of halogens is 2. The molecule has 12 heteroatoms. The van der Waals surface area contributed by atoms with Crippen LogP contribution in [0.3, 0.4) is 0 Å². The SMILES string of the molecule is Cc1noc(NS(=O)(=O)c2ccsc2CC2Oc3ccccc3OC(Cl)O2)c1Br. The predicted molar refractivity (Wildman–Crippen MR) is 110 cm³/mol. The number of benzene rings is 1. The number of para-hydroxylation sites is 2. The highest BCUT2D eigenvalue weighted by Crippen LogP contribution is 2.35. The number of nitrogens with one attached hydrogen (secondary N) is 1. The summed E-state index contributed by atoms with van der Waals surface area (Å²) in [7, 11) is -3.92. The molecule has 154 valence electrons. The van der Waals surface area contributed by atoms with Gasteiger partial charge in [0.15, 0.2) is 11.5 Å². The van der Waals surface area contributed by atoms with Crippen LogP contribution in [0.2, 0.25) is 0 Å². The first-order valence-corrected chi connectivity index (χ1v) is 11.9. The summed E-state index contributed by atoms with van der Waals surface area (Å²) in [6, 6.07) is 8.50. The Balaban J connectivity index is 1.57. The molecule has 1 aromatic carbocycles. The van der Waals surface area contributed by atoms with Crippen LogP contribution in [0.5, 0.6) is 11.5 Å². The molecule has 3 aromatic rings. The lowest BCUT2D eigenvalue weighted by Gasteiger charge is -2.17. The van der Waals surface area contributed by atoms with E-state index >= 15 is 0 Å². The summed E-state index contributed by atoms with van der Waals surface area (Å²) in [4.78, 5) is 0.610. The van der Waals surface area contributed by atoms with E-state index in [1.54, 1.807) is 36.6 Å². The predicted octanol–water partition coefficient (Wildman–Crippen LogP) is 4.49. The average molecular weight is 522 g/mol. The number of ether oxygens (including phenoxy) is 3. The van der Waals surface area contributed by atoms with Crippen molar-refractivity contribution in [3.8, 4) is 11.5 Å². The molecule has 1 aliphatic rings. The summed E-state index contributed by atoms with van der Waals surface area (Å²) < 4.78 is 50.4. The third kappa shape index (κ3) is 4.38. The minimum Gasteiger partial charge on any atom is -0.460 e. The molecule has 0 spiro atoms. The third-order valence-electron chi connectivity index (χ3n) is 3.95. The Labute approximate surface area is 183 Å². The van der Waals surface area contributed by atoms with Crippen molar-refractivity contribution in [1.29, 1.82) is 0 Å². The van der Waals surface area contributed by atoms with Gasteiger partial charge in [-0.3, -0.25) is 4.74 Å². The summed E-state index contributed by atoms with van der Waals surface area (Å²) in [5.41, 5.74) is 0.528. The molecule has 0 bridgehead atoms. The molecule has 0 radical (unpaired) electrons. The van der Waals surface area contributed by atoms with Crippen LogP contribution < -0.4 is 14.2 Å². The first kappa shape index (κ1) is 20.5. The second-order valence-corrected chi connectivity index (χ2v) is 9.75. The second-order valence-electron chi connectivity index (χ2n) is 5.95. The number of fused-ring (bicyclic) bond motifs is 1. The fourth-order valence-electron chi connectivity index (χ4n) is 2.62. The number of hydrogen-bond donors (Lipinski definition) is 1. The molecule has 0 fully saturated rings. The molecule has 4 rings (SSSR count). The summed E-state index contributed by atoms with van der Waals surface area (Å²) in [6.45, 7) is 1.69. The molecule has 0 aliphatic carbocycles. The highest BCUT2D eigenvalue weighted by molar-refractivity contribution is 9.10. The van der Waals surface area contributed by atoms with Gasteiger partial charge in [-0.1, -0.05) is 17.3 Å². The molecule has 1 aliphatic heterocycles. The number of aryl methyl sites for hydroxylation is 1. The molecular weight excluding hydrogens is 508 g/mol. The van der Waals surface area contributed by atoms with Crippen molar-refractivity contribution in [3.63, 3.8) is 0 Å². The van der Waals surface area contributed by atoms with Gasteiger partial charge < -0.3 is 14.0 Å². The van der Waals surface area contributed by atoms with Crippen LogP contribution >= 0.6 is 38.9 Å². The molecule has 8 nitrogen and oxygen atoms in total. The van der Waals surface area contributed by atoms with Crippen LogP contribution in [-0.2, 0) is 21.2 Å². The molecule has 2 aromatic heterocycles. The fraction of sp³-hybridized carbons (Fsp3) is 0.235. The normalized spacial score (nSPS) is 19.0. The van der Waals surface area contributed by atoms with Gasteiger partial charge in [-0.05, 0) is 58.0 Å². The zero-order chi connectivity index (χ0) is 20.6. The molecule has 29 heavy (non-hydrogen) atoms. The quantitative estimate of drug-likeness (QED) is 0.494.